The number of H-pyrrole nitrogens is 4. The third kappa shape index (κ3) is 27.3. The second-order valence-corrected chi connectivity index (χ2v) is 56.0. The van der Waals surface area contributed by atoms with E-state index in [1.165, 1.54) is 69.5 Å². The second-order valence-electron chi connectivity index (χ2n) is 34.5. The summed E-state index contributed by atoms with van der Waals surface area (Å²) in [5, 5.41) is 102. The highest BCUT2D eigenvalue weighted by molar-refractivity contribution is 7.73. The minimum absolute atomic E-state index is 0.0854. The zero-order valence-electron chi connectivity index (χ0n) is 70.6. The predicted octanol–water partition coefficient (Wildman–Crippen LogP) is -0.134. The van der Waals surface area contributed by atoms with E-state index >= 15 is 0 Å². The van der Waals surface area contributed by atoms with E-state index in [0.29, 0.717) is 51.7 Å². The maximum atomic E-state index is 12.3. The van der Waals surface area contributed by atoms with E-state index in [9.17, 15) is 99.0 Å². The van der Waals surface area contributed by atoms with Gasteiger partial charge in [-0.2, -0.15) is 0 Å². The summed E-state index contributed by atoms with van der Waals surface area (Å²) in [6, 6.07) is 0. The molecular weight excluding hydrogens is 1630 g/mol. The molecule has 5 aromatic rings. The van der Waals surface area contributed by atoms with E-state index in [0.717, 1.165) is 59.2 Å². The van der Waals surface area contributed by atoms with E-state index in [1.54, 1.807) is 6.92 Å². The molecule has 118 heavy (non-hydrogen) atoms. The predicted molar refractivity (Wildman–Crippen MR) is 474 cm³/mol. The quantitative estimate of drug-likeness (QED) is 0.0304. The molecule has 5 aromatic heterocycles. The van der Waals surface area contributed by atoms with Crippen LogP contribution in [0.3, 0.4) is 0 Å². The first-order chi connectivity index (χ1) is 54.6. The molecule has 5 fully saturated rings. The Balaban J connectivity index is 0.000000229. The number of aliphatic hydroxyl groups is 10. The van der Waals surface area contributed by atoms with Gasteiger partial charge in [-0.3, -0.25) is 53.0 Å². The monoisotopic (exact) mass is 1760 g/mol. The Morgan fingerprint density at radius 2 is 0.627 bits per heavy atom. The fourth-order valence-corrected chi connectivity index (χ4v) is 18.6. The molecule has 0 aromatic carbocycles. The van der Waals surface area contributed by atoms with Gasteiger partial charge in [0.05, 0.1) is 58.3 Å². The molecule has 0 radical (unpaired) electrons. The Labute approximate surface area is 685 Å². The van der Waals surface area contributed by atoms with Gasteiger partial charge in [0.25, 0.3) is 27.8 Å². The summed E-state index contributed by atoms with van der Waals surface area (Å²) in [7, 11) is 2.90. The first-order valence-electron chi connectivity index (χ1n) is 39.3. The lowest BCUT2D eigenvalue weighted by Gasteiger charge is -2.18. The van der Waals surface area contributed by atoms with Gasteiger partial charge in [-0.05, 0) is 149 Å². The largest absolute Gasteiger partial charge is 0.388 e. The van der Waals surface area contributed by atoms with Gasteiger partial charge in [-0.1, -0.05) is 26.8 Å². The molecule has 4 unspecified atom stereocenters. The maximum absolute atomic E-state index is 12.3. The number of unbranched alkanes of at least 4 members (excludes halogenated alkanes) is 1. The van der Waals surface area contributed by atoms with Crippen molar-refractivity contribution >= 4 is 72.1 Å². The van der Waals surface area contributed by atoms with Crippen molar-refractivity contribution in [3.05, 3.63) is 170 Å². The van der Waals surface area contributed by atoms with Gasteiger partial charge < -0.3 is 93.0 Å². The fourth-order valence-electron chi connectivity index (χ4n) is 13.8. The number of aryl methyl sites for hydroxylation is 4. The van der Waals surface area contributed by atoms with Crippen molar-refractivity contribution in [1.82, 2.24) is 47.3 Å². The maximum Gasteiger partial charge on any atom is 0.332 e. The molecule has 0 amide bonds. The lowest BCUT2D eigenvalue weighted by atomic mass is 10.0. The van der Waals surface area contributed by atoms with Crippen molar-refractivity contribution in [3.63, 3.8) is 0 Å². The summed E-state index contributed by atoms with van der Waals surface area (Å²) in [6.07, 6.45) is 19.3. The van der Waals surface area contributed by atoms with Crippen molar-refractivity contribution in [2.75, 3.05) is 97.5 Å². The molecule has 10 rings (SSSR count). The standard InChI is InChI=1S/C17H29N2O5P.C16H27N2O5P.2C15H25N2O5P.C15H23N2O5P/c1-5-6-8-19-10-11(16(22)18-17(19)23)15-14(21)13(20)12(24-15)7-9-25(2,3)4;1-5-7-18-9-10(15(21)17-16(18)22)14-13(20)12(19)11(23-14)6-8-24(2,3)4;1-16-8-9(14(20)17(2)15(16)21)13-12(19)11(18)10(22-13)6-7-23(3,4)5;2*1-5-17-8-9(14(20)16-15(17)21)13-12(19)11(18)10(22-13)6-7-23(2,3)4/h10,12-15,20-21H,2,5-9H2,1,3-4H3,(H,18,22,23);9,11-14,19-20H,2,5-8H2,1,3-4H3,(H,17,21,22);8,10-13,18-19H,3,6-7H2,1-2,4-5H3;8,10-13,18-19H,2,5-7H2,1,3-4H3,(H,16,20,21);5,8,10-13,18-19H,1-2,6-7H2,3-4H3,(H,16,20,21)/t12-,13-,14-,15?;11-,12-,13-,14?;10-,11-,12-,13+;2*10-,11-,12-,13?/m11111/s1. The van der Waals surface area contributed by atoms with Crippen LogP contribution in [-0.4, -0.2) is 319 Å². The first-order valence-corrected chi connectivity index (χ1v) is 54.5. The third-order valence-corrected chi connectivity index (χ3v) is 28.1. The Kier molecular flexibility index (Phi) is 36.3. The van der Waals surface area contributed by atoms with Gasteiger partial charge in [0, 0.05) is 70.9 Å². The Bertz CT molecular complexity index is 5160. The molecule has 35 nitrogen and oxygen atoms in total. The SMILES string of the molecule is C=Cn1cc(C2O[C@H](CCP(=C)(C)C)[C@@H](O)[C@H]2O)c(=O)[nH]c1=O.C=P(C)(C)CC[C@H]1OC(c2cn(CC)c(=O)[nH]c2=O)[C@H](O)[C@@H]1O.C=P(C)(C)CC[C@H]1OC(c2cn(CCC)c(=O)[nH]c2=O)[C@H](O)[C@@H]1O.C=P(C)(C)CC[C@H]1OC(c2cn(CCCC)c(=O)[nH]c2=O)[C@H](O)[C@@H]1O.C=P(C)(C)CC[C@H]1O[C@@H](c2cn(C)c(=O)n(C)c2=O)[C@H](O)[C@@H]1O. The number of hydrogen-bond donors (Lipinski definition) is 14. The lowest BCUT2D eigenvalue weighted by Crippen LogP contribution is -2.40. The van der Waals surface area contributed by atoms with Gasteiger partial charge in [0.2, 0.25) is 0 Å². The Morgan fingerprint density at radius 1 is 0.364 bits per heavy atom. The van der Waals surface area contributed by atoms with Crippen molar-refractivity contribution in [1.29, 1.82) is 0 Å². The highest BCUT2D eigenvalue weighted by Crippen LogP contribution is 2.45. The lowest BCUT2D eigenvalue weighted by molar-refractivity contribution is 0.00476. The Morgan fingerprint density at radius 3 is 0.898 bits per heavy atom. The molecule has 0 saturated carbocycles. The molecule has 5 saturated heterocycles. The topological polar surface area (TPSA) is 512 Å². The van der Waals surface area contributed by atoms with Crippen LogP contribution in [0.5, 0.6) is 0 Å². The molecule has 5 aliphatic heterocycles. The van der Waals surface area contributed by atoms with Crippen molar-refractivity contribution in [2.24, 2.45) is 14.1 Å². The summed E-state index contributed by atoms with van der Waals surface area (Å²) >= 11 is 0. The summed E-state index contributed by atoms with van der Waals surface area (Å²) in [6.45, 7) is 25.0. The van der Waals surface area contributed by atoms with Crippen LogP contribution in [0, 0.1) is 0 Å². The Hall–Kier alpha value is -5.96. The average Bonchev–Trinajstić information content (AvgIpc) is 1.64. The smallest absolute Gasteiger partial charge is 0.332 e. The minimum atomic E-state index is -1.28. The minimum Gasteiger partial charge on any atom is -0.388 e. The normalized spacial score (nSPS) is 27.8. The third-order valence-electron chi connectivity index (χ3n) is 20.8. The van der Waals surface area contributed by atoms with Crippen LogP contribution in [0.15, 0.2) is 85.5 Å². The summed E-state index contributed by atoms with van der Waals surface area (Å²) < 4.78 is 36.2. The highest BCUT2D eigenvalue weighted by Gasteiger charge is 2.49. The van der Waals surface area contributed by atoms with Crippen molar-refractivity contribution in [2.45, 2.75) is 214 Å². The number of hydrogen-bond acceptors (Lipinski definition) is 25. The van der Waals surface area contributed by atoms with E-state index in [1.807, 2.05) is 13.8 Å². The molecule has 666 valence electrons. The zero-order valence-corrected chi connectivity index (χ0v) is 75.1. The number of rotatable bonds is 27. The van der Waals surface area contributed by atoms with Crippen LogP contribution >= 0.6 is 34.4 Å². The molecular formula is C78H129N10O25P5. The number of aromatic amines is 4. The van der Waals surface area contributed by atoms with Gasteiger partial charge >= 0.3 is 28.4 Å². The van der Waals surface area contributed by atoms with Crippen LogP contribution in [0.25, 0.3) is 6.20 Å². The van der Waals surface area contributed by atoms with Gasteiger partial charge in [0.15, 0.2) is 0 Å². The number of nitrogens with one attached hydrogen (secondary N) is 4. The molecule has 20 atom stereocenters. The van der Waals surface area contributed by atoms with Crippen molar-refractivity contribution in [3.8, 4) is 0 Å². The average molecular weight is 1760 g/mol. The van der Waals surface area contributed by atoms with E-state index < -0.39 is 213 Å². The summed E-state index contributed by atoms with van der Waals surface area (Å²) in [4.78, 5) is 128. The highest BCUT2D eigenvalue weighted by atomic mass is 31.2. The van der Waals surface area contributed by atoms with Crippen LogP contribution in [0.2, 0.25) is 0 Å². The van der Waals surface area contributed by atoms with E-state index in [-0.39, 0.29) is 27.8 Å². The number of nitrogens with zero attached hydrogens (tertiary/aromatic N) is 6. The van der Waals surface area contributed by atoms with Crippen LogP contribution in [-0.2, 0) is 57.4 Å². The number of ether oxygens (including phenoxy) is 5. The van der Waals surface area contributed by atoms with Gasteiger partial charge in [-0.25, -0.2) is 24.0 Å². The number of aliphatic hydroxyl groups excluding tert-OH is 10. The molecule has 5 aliphatic rings. The first kappa shape index (κ1) is 101. The molecule has 0 aliphatic carbocycles. The molecule has 0 bridgehead atoms. The zero-order chi connectivity index (χ0) is 89.1. The van der Waals surface area contributed by atoms with Gasteiger partial charge in [0.1, 0.15) is 91.6 Å². The molecule has 10 heterocycles. The van der Waals surface area contributed by atoms with E-state index in [2.05, 4.69) is 125 Å². The van der Waals surface area contributed by atoms with Crippen LogP contribution in [0.1, 0.15) is 130 Å². The molecule has 0 spiro atoms. The number of aromatic nitrogens is 10. The molecule has 14 N–H and O–H groups in total. The van der Waals surface area contributed by atoms with Crippen molar-refractivity contribution < 1.29 is 74.7 Å². The summed E-state index contributed by atoms with van der Waals surface area (Å²) in [5.74, 6) is 0. The van der Waals surface area contributed by atoms with Gasteiger partial charge in [-0.15, -0.1) is 65.9 Å². The fraction of sp³-hybridized carbons (Fsp3) is 0.654. The second kappa shape index (κ2) is 42.4. The summed E-state index contributed by atoms with van der Waals surface area (Å²) in [5.41, 5.74) is -4.72. The van der Waals surface area contributed by atoms with Crippen LogP contribution in [0.4, 0.5) is 0 Å². The van der Waals surface area contributed by atoms with Crippen LogP contribution < -0.4 is 56.2 Å². The molecule has 40 heteroatoms. The van der Waals surface area contributed by atoms with E-state index in [4.69, 9.17) is 23.7 Å².